The molecule has 94 valence electrons. The van der Waals surface area contributed by atoms with Gasteiger partial charge >= 0.3 is 0 Å². The van der Waals surface area contributed by atoms with Crippen LogP contribution in [0.4, 0.5) is 5.69 Å². The van der Waals surface area contributed by atoms with Gasteiger partial charge in [0.05, 0.1) is 12.1 Å². The lowest BCUT2D eigenvalue weighted by molar-refractivity contribution is 0.210. The molecule has 1 aromatic rings. The summed E-state index contributed by atoms with van der Waals surface area (Å²) in [5.41, 5.74) is 0.994. The molecule has 2 atom stereocenters. The van der Waals surface area contributed by atoms with Gasteiger partial charge in [-0.15, -0.1) is 0 Å². The van der Waals surface area contributed by atoms with E-state index in [0.29, 0.717) is 0 Å². The SMILES string of the molecule is CCC1CCC(CO)(Nc2ccc(Br)cc2)C1. The van der Waals surface area contributed by atoms with Gasteiger partial charge in [0.15, 0.2) is 0 Å². The van der Waals surface area contributed by atoms with Crippen LogP contribution in [0.1, 0.15) is 32.6 Å². The molecular weight excluding hydrogens is 278 g/mol. The summed E-state index contributed by atoms with van der Waals surface area (Å²) in [6, 6.07) is 8.17. The number of aliphatic hydroxyl groups is 1. The van der Waals surface area contributed by atoms with Crippen molar-refractivity contribution < 1.29 is 5.11 Å². The fraction of sp³-hybridized carbons (Fsp3) is 0.571. The van der Waals surface area contributed by atoms with Gasteiger partial charge in [-0.2, -0.15) is 0 Å². The molecule has 2 N–H and O–H groups in total. The van der Waals surface area contributed by atoms with Crippen molar-refractivity contribution in [3.8, 4) is 0 Å². The van der Waals surface area contributed by atoms with Crippen LogP contribution in [0.2, 0.25) is 0 Å². The second-order valence-electron chi connectivity index (χ2n) is 5.09. The lowest BCUT2D eigenvalue weighted by atomic mass is 9.95. The van der Waals surface area contributed by atoms with Crippen LogP contribution in [0, 0.1) is 5.92 Å². The minimum Gasteiger partial charge on any atom is -0.394 e. The Labute approximate surface area is 112 Å². The van der Waals surface area contributed by atoms with Crippen molar-refractivity contribution in [3.05, 3.63) is 28.7 Å². The molecule has 0 heterocycles. The minimum atomic E-state index is -0.103. The van der Waals surface area contributed by atoms with Gasteiger partial charge in [-0.1, -0.05) is 29.3 Å². The van der Waals surface area contributed by atoms with Gasteiger partial charge in [0, 0.05) is 10.2 Å². The zero-order chi connectivity index (χ0) is 12.3. The highest BCUT2D eigenvalue weighted by atomic mass is 79.9. The number of hydrogen-bond acceptors (Lipinski definition) is 2. The van der Waals surface area contributed by atoms with Crippen molar-refractivity contribution in [2.75, 3.05) is 11.9 Å². The van der Waals surface area contributed by atoms with Crippen LogP contribution in [0.3, 0.4) is 0 Å². The van der Waals surface area contributed by atoms with Gasteiger partial charge in [0.1, 0.15) is 0 Å². The zero-order valence-electron chi connectivity index (χ0n) is 10.2. The minimum absolute atomic E-state index is 0.103. The second-order valence-corrected chi connectivity index (χ2v) is 6.00. The molecule has 0 aromatic heterocycles. The summed E-state index contributed by atoms with van der Waals surface area (Å²) >= 11 is 3.43. The molecule has 0 radical (unpaired) electrons. The van der Waals surface area contributed by atoms with E-state index in [4.69, 9.17) is 0 Å². The summed E-state index contributed by atoms with van der Waals surface area (Å²) in [5.74, 6) is 0.755. The number of hydrogen-bond donors (Lipinski definition) is 2. The first-order valence-electron chi connectivity index (χ1n) is 6.32. The highest BCUT2D eigenvalue weighted by Crippen LogP contribution is 2.38. The van der Waals surface area contributed by atoms with Crippen LogP contribution in [0.25, 0.3) is 0 Å². The first-order chi connectivity index (χ1) is 8.17. The van der Waals surface area contributed by atoms with E-state index < -0.39 is 0 Å². The summed E-state index contributed by atoms with van der Waals surface area (Å²) < 4.78 is 1.08. The molecule has 3 heteroatoms. The van der Waals surface area contributed by atoms with E-state index in [9.17, 15) is 5.11 Å². The number of aliphatic hydroxyl groups excluding tert-OH is 1. The Morgan fingerprint density at radius 3 is 2.65 bits per heavy atom. The topological polar surface area (TPSA) is 32.3 Å². The molecule has 1 saturated carbocycles. The largest absolute Gasteiger partial charge is 0.394 e. The van der Waals surface area contributed by atoms with Crippen molar-refractivity contribution in [1.29, 1.82) is 0 Å². The third kappa shape index (κ3) is 3.02. The molecule has 2 nitrogen and oxygen atoms in total. The van der Waals surface area contributed by atoms with Crippen LogP contribution in [0.15, 0.2) is 28.7 Å². The molecule has 0 amide bonds. The van der Waals surface area contributed by atoms with E-state index in [0.717, 1.165) is 28.9 Å². The van der Waals surface area contributed by atoms with E-state index in [1.807, 2.05) is 12.1 Å². The molecule has 2 rings (SSSR count). The van der Waals surface area contributed by atoms with Crippen LogP contribution in [-0.4, -0.2) is 17.3 Å². The van der Waals surface area contributed by atoms with Crippen molar-refractivity contribution >= 4 is 21.6 Å². The van der Waals surface area contributed by atoms with Crippen LogP contribution >= 0.6 is 15.9 Å². The maximum Gasteiger partial charge on any atom is 0.0661 e. The average molecular weight is 298 g/mol. The summed E-state index contributed by atoms with van der Waals surface area (Å²) in [6.07, 6.45) is 4.58. The Kier molecular flexibility index (Phi) is 4.10. The second kappa shape index (κ2) is 5.40. The van der Waals surface area contributed by atoms with Crippen LogP contribution in [-0.2, 0) is 0 Å². The number of nitrogens with one attached hydrogen (secondary N) is 1. The van der Waals surface area contributed by atoms with E-state index in [-0.39, 0.29) is 12.1 Å². The highest BCUT2D eigenvalue weighted by molar-refractivity contribution is 9.10. The molecular formula is C14H20BrNO. The molecule has 1 aromatic carbocycles. The molecule has 2 unspecified atom stereocenters. The van der Waals surface area contributed by atoms with Crippen molar-refractivity contribution in [2.24, 2.45) is 5.92 Å². The number of benzene rings is 1. The number of halogens is 1. The first kappa shape index (κ1) is 12.9. The lowest BCUT2D eigenvalue weighted by Crippen LogP contribution is -2.39. The van der Waals surface area contributed by atoms with E-state index in [1.165, 1.54) is 12.8 Å². The van der Waals surface area contributed by atoms with Crippen molar-refractivity contribution in [2.45, 2.75) is 38.1 Å². The van der Waals surface area contributed by atoms with E-state index in [1.54, 1.807) is 0 Å². The fourth-order valence-corrected chi connectivity index (χ4v) is 2.99. The van der Waals surface area contributed by atoms with Crippen LogP contribution in [0.5, 0.6) is 0 Å². The molecule has 1 fully saturated rings. The van der Waals surface area contributed by atoms with Crippen molar-refractivity contribution in [1.82, 2.24) is 0 Å². The van der Waals surface area contributed by atoms with Gasteiger partial charge in [-0.3, -0.25) is 0 Å². The molecule has 1 aliphatic rings. The summed E-state index contributed by atoms with van der Waals surface area (Å²) in [7, 11) is 0. The fourth-order valence-electron chi connectivity index (χ4n) is 2.72. The number of rotatable bonds is 4. The first-order valence-corrected chi connectivity index (χ1v) is 7.11. The predicted molar refractivity (Wildman–Crippen MR) is 75.2 cm³/mol. The van der Waals surface area contributed by atoms with Gasteiger partial charge in [0.2, 0.25) is 0 Å². The van der Waals surface area contributed by atoms with E-state index >= 15 is 0 Å². The Bertz CT molecular complexity index is 365. The normalized spacial score (nSPS) is 28.3. The standard InChI is InChI=1S/C14H20BrNO/c1-2-11-7-8-14(9-11,10-17)16-13-5-3-12(15)4-6-13/h3-6,11,16-17H,2,7-10H2,1H3. The predicted octanol–water partition coefficient (Wildman–Crippen LogP) is 3.80. The van der Waals surface area contributed by atoms with Gasteiger partial charge in [-0.25, -0.2) is 0 Å². The molecule has 17 heavy (non-hydrogen) atoms. The third-order valence-corrected chi connectivity index (χ3v) is 4.37. The molecule has 0 bridgehead atoms. The van der Waals surface area contributed by atoms with Gasteiger partial charge in [0.25, 0.3) is 0 Å². The quantitative estimate of drug-likeness (QED) is 0.886. The highest BCUT2D eigenvalue weighted by Gasteiger charge is 2.37. The van der Waals surface area contributed by atoms with Crippen molar-refractivity contribution in [3.63, 3.8) is 0 Å². The maximum atomic E-state index is 9.67. The molecule has 0 spiro atoms. The molecule has 0 saturated heterocycles. The zero-order valence-corrected chi connectivity index (χ0v) is 11.8. The summed E-state index contributed by atoms with van der Waals surface area (Å²) in [4.78, 5) is 0. The Hall–Kier alpha value is -0.540. The van der Waals surface area contributed by atoms with Crippen LogP contribution < -0.4 is 5.32 Å². The van der Waals surface area contributed by atoms with Gasteiger partial charge < -0.3 is 10.4 Å². The Morgan fingerprint density at radius 2 is 2.12 bits per heavy atom. The molecule has 1 aliphatic carbocycles. The maximum absolute atomic E-state index is 9.67. The summed E-state index contributed by atoms with van der Waals surface area (Å²) in [5, 5.41) is 13.2. The third-order valence-electron chi connectivity index (χ3n) is 3.84. The van der Waals surface area contributed by atoms with E-state index in [2.05, 4.69) is 40.3 Å². The summed E-state index contributed by atoms with van der Waals surface area (Å²) in [6.45, 7) is 2.46. The lowest BCUT2D eigenvalue weighted by Gasteiger charge is -2.30. The smallest absolute Gasteiger partial charge is 0.0661 e. The Balaban J connectivity index is 2.07. The Morgan fingerprint density at radius 1 is 1.41 bits per heavy atom. The number of anilines is 1. The average Bonchev–Trinajstić information content (AvgIpc) is 2.76. The monoisotopic (exact) mass is 297 g/mol. The molecule has 0 aliphatic heterocycles. The van der Waals surface area contributed by atoms with Gasteiger partial charge in [-0.05, 0) is 49.4 Å².